The van der Waals surface area contributed by atoms with Gasteiger partial charge in [-0.1, -0.05) is 43.7 Å². The molecule has 8 heteroatoms. The van der Waals surface area contributed by atoms with Crippen LogP contribution in [-0.2, 0) is 20.9 Å². The molecule has 2 aromatic rings. The van der Waals surface area contributed by atoms with Gasteiger partial charge in [0.25, 0.3) is 5.56 Å². The van der Waals surface area contributed by atoms with Gasteiger partial charge in [-0.25, -0.2) is 4.98 Å². The molecule has 0 saturated heterocycles. The largest absolute Gasteiger partial charge is 0.469 e. The molecule has 0 radical (unpaired) electrons. The number of carbonyl (C=O) groups excluding carboxylic acids is 2. The van der Waals surface area contributed by atoms with Gasteiger partial charge in [0.15, 0.2) is 5.16 Å². The third-order valence-corrected chi connectivity index (χ3v) is 5.01. The monoisotopic (exact) mass is 391 g/mol. The first-order valence-electron chi connectivity index (χ1n) is 9.02. The van der Waals surface area contributed by atoms with Crippen molar-refractivity contribution in [1.29, 1.82) is 0 Å². The van der Waals surface area contributed by atoms with E-state index < -0.39 is 5.97 Å². The number of nitrogens with one attached hydrogen (secondary N) is 1. The second-order valence-corrected chi connectivity index (χ2v) is 6.98. The zero-order valence-corrected chi connectivity index (χ0v) is 16.5. The fraction of sp³-hybridized carbons (Fsp3) is 0.474. The van der Waals surface area contributed by atoms with E-state index in [1.54, 1.807) is 18.2 Å². The van der Waals surface area contributed by atoms with Crippen molar-refractivity contribution in [2.45, 2.75) is 44.3 Å². The normalized spacial score (nSPS) is 10.7. The fourth-order valence-corrected chi connectivity index (χ4v) is 3.40. The Morgan fingerprint density at radius 1 is 1.26 bits per heavy atom. The quantitative estimate of drug-likeness (QED) is 0.289. The number of thioether (sulfide) groups is 1. The second kappa shape index (κ2) is 10.7. The molecule has 0 aliphatic carbocycles. The predicted octanol–water partition coefficient (Wildman–Crippen LogP) is 2.36. The maximum atomic E-state index is 12.8. The number of ether oxygens (including phenoxy) is 1. The van der Waals surface area contributed by atoms with E-state index in [9.17, 15) is 14.4 Å². The minimum atomic E-state index is -0.403. The van der Waals surface area contributed by atoms with E-state index in [1.165, 1.54) is 23.4 Å². The van der Waals surface area contributed by atoms with Crippen LogP contribution < -0.4 is 10.9 Å². The number of benzene rings is 1. The summed E-state index contributed by atoms with van der Waals surface area (Å²) in [5.41, 5.74) is 0.345. The third kappa shape index (κ3) is 6.09. The number of unbranched alkanes of at least 4 members (excludes halogenated alkanes) is 2. The summed E-state index contributed by atoms with van der Waals surface area (Å²) in [5, 5.41) is 3.77. The van der Waals surface area contributed by atoms with E-state index in [0.717, 1.165) is 19.3 Å². The van der Waals surface area contributed by atoms with E-state index in [2.05, 4.69) is 22.0 Å². The van der Waals surface area contributed by atoms with Gasteiger partial charge in [0.2, 0.25) is 5.91 Å². The first-order chi connectivity index (χ1) is 13.1. The van der Waals surface area contributed by atoms with E-state index in [0.29, 0.717) is 22.6 Å². The highest BCUT2D eigenvalue weighted by Crippen LogP contribution is 2.18. The lowest BCUT2D eigenvalue weighted by atomic mass is 10.2. The molecule has 1 amide bonds. The molecular formula is C19H25N3O4S. The first kappa shape index (κ1) is 21.0. The van der Waals surface area contributed by atoms with Gasteiger partial charge >= 0.3 is 5.97 Å². The summed E-state index contributed by atoms with van der Waals surface area (Å²) >= 11 is 1.19. The predicted molar refractivity (Wildman–Crippen MR) is 106 cm³/mol. The molecule has 2 rings (SSSR count). The van der Waals surface area contributed by atoms with Gasteiger partial charge in [-0.2, -0.15) is 0 Å². The van der Waals surface area contributed by atoms with Crippen molar-refractivity contribution in [3.05, 3.63) is 34.6 Å². The van der Waals surface area contributed by atoms with Gasteiger partial charge in [-0.15, -0.1) is 0 Å². The summed E-state index contributed by atoms with van der Waals surface area (Å²) in [6.45, 7) is 2.91. The number of methoxy groups -OCH3 is 1. The van der Waals surface area contributed by atoms with Crippen LogP contribution in [0.1, 0.15) is 32.6 Å². The molecular weight excluding hydrogens is 366 g/mol. The lowest BCUT2D eigenvalue weighted by Gasteiger charge is -2.12. The average molecular weight is 391 g/mol. The number of rotatable bonds is 10. The minimum Gasteiger partial charge on any atom is -0.469 e. The second-order valence-electron chi connectivity index (χ2n) is 6.04. The van der Waals surface area contributed by atoms with E-state index in [1.807, 2.05) is 6.07 Å². The zero-order chi connectivity index (χ0) is 19.6. The van der Waals surface area contributed by atoms with Gasteiger partial charge in [-0.3, -0.25) is 19.0 Å². The minimum absolute atomic E-state index is 0.0627. The number of amides is 1. The van der Waals surface area contributed by atoms with Crippen LogP contribution in [0, 0.1) is 0 Å². The van der Waals surface area contributed by atoms with E-state index in [-0.39, 0.29) is 30.2 Å². The average Bonchev–Trinajstić information content (AvgIpc) is 2.68. The van der Waals surface area contributed by atoms with Crippen molar-refractivity contribution in [2.75, 3.05) is 19.4 Å². The molecule has 0 aliphatic heterocycles. The van der Waals surface area contributed by atoms with Gasteiger partial charge in [0, 0.05) is 13.1 Å². The smallest absolute Gasteiger partial charge is 0.307 e. The van der Waals surface area contributed by atoms with E-state index >= 15 is 0 Å². The van der Waals surface area contributed by atoms with Crippen LogP contribution in [0.3, 0.4) is 0 Å². The molecule has 0 fully saturated rings. The zero-order valence-electron chi connectivity index (χ0n) is 15.7. The molecule has 0 aliphatic rings. The van der Waals surface area contributed by atoms with Crippen molar-refractivity contribution in [2.24, 2.45) is 0 Å². The van der Waals surface area contributed by atoms with Crippen molar-refractivity contribution in [1.82, 2.24) is 14.9 Å². The number of fused-ring (bicyclic) bond motifs is 1. The van der Waals surface area contributed by atoms with Crippen LogP contribution >= 0.6 is 11.8 Å². The Hall–Kier alpha value is -2.35. The molecule has 0 atom stereocenters. The summed E-state index contributed by atoms with van der Waals surface area (Å²) in [6, 6.07) is 7.04. The number of carbonyl (C=O) groups is 2. The lowest BCUT2D eigenvalue weighted by molar-refractivity contribution is -0.140. The standard InChI is InChI=1S/C19H25N3O4S/c1-3-4-7-11-20-16(23)13-27-19-21-15-9-6-5-8-14(15)18(25)22(19)12-10-17(24)26-2/h5-6,8-9H,3-4,7,10-13H2,1-2H3,(H,20,23). The highest BCUT2D eigenvalue weighted by atomic mass is 32.2. The molecule has 1 N–H and O–H groups in total. The summed E-state index contributed by atoms with van der Waals surface area (Å²) < 4.78 is 6.09. The lowest BCUT2D eigenvalue weighted by Crippen LogP contribution is -2.28. The molecule has 146 valence electrons. The third-order valence-electron chi connectivity index (χ3n) is 4.03. The van der Waals surface area contributed by atoms with Crippen molar-refractivity contribution < 1.29 is 14.3 Å². The maximum absolute atomic E-state index is 12.8. The Morgan fingerprint density at radius 2 is 2.04 bits per heavy atom. The molecule has 0 unspecified atom stereocenters. The Labute approximate surface area is 162 Å². The summed E-state index contributed by atoms with van der Waals surface area (Å²) in [6.07, 6.45) is 3.18. The number of nitrogens with zero attached hydrogens (tertiary/aromatic N) is 2. The Bertz CT molecular complexity index is 850. The van der Waals surface area contributed by atoms with Crippen LogP contribution in [0.4, 0.5) is 0 Å². The van der Waals surface area contributed by atoms with Crippen LogP contribution in [0.5, 0.6) is 0 Å². The topological polar surface area (TPSA) is 90.3 Å². The summed E-state index contributed by atoms with van der Waals surface area (Å²) in [7, 11) is 1.31. The van der Waals surface area contributed by atoms with Crippen molar-refractivity contribution in [3.8, 4) is 0 Å². The van der Waals surface area contributed by atoms with Gasteiger partial charge < -0.3 is 10.1 Å². The highest BCUT2D eigenvalue weighted by molar-refractivity contribution is 7.99. The van der Waals surface area contributed by atoms with Crippen molar-refractivity contribution in [3.63, 3.8) is 0 Å². The Morgan fingerprint density at radius 3 is 2.78 bits per heavy atom. The van der Waals surface area contributed by atoms with Crippen molar-refractivity contribution >= 4 is 34.5 Å². The molecule has 0 saturated carbocycles. The number of hydrogen-bond acceptors (Lipinski definition) is 6. The Kier molecular flexibility index (Phi) is 8.32. The maximum Gasteiger partial charge on any atom is 0.307 e. The van der Waals surface area contributed by atoms with Crippen LogP contribution in [-0.4, -0.2) is 40.8 Å². The van der Waals surface area contributed by atoms with Gasteiger partial charge in [0.1, 0.15) is 0 Å². The number of hydrogen-bond donors (Lipinski definition) is 1. The summed E-state index contributed by atoms with van der Waals surface area (Å²) in [5.74, 6) is -0.340. The SMILES string of the molecule is CCCCCNC(=O)CSc1nc2ccccc2c(=O)n1CCC(=O)OC. The van der Waals surface area contributed by atoms with E-state index in [4.69, 9.17) is 0 Å². The molecule has 1 aromatic carbocycles. The summed E-state index contributed by atoms with van der Waals surface area (Å²) in [4.78, 5) is 40.8. The number of esters is 1. The van der Waals surface area contributed by atoms with Gasteiger partial charge in [0.05, 0.1) is 30.2 Å². The molecule has 1 aromatic heterocycles. The molecule has 0 bridgehead atoms. The molecule has 27 heavy (non-hydrogen) atoms. The number of para-hydroxylation sites is 1. The van der Waals surface area contributed by atoms with Crippen LogP contribution in [0.25, 0.3) is 10.9 Å². The molecule has 0 spiro atoms. The highest BCUT2D eigenvalue weighted by Gasteiger charge is 2.14. The van der Waals surface area contributed by atoms with Gasteiger partial charge in [-0.05, 0) is 18.6 Å². The first-order valence-corrected chi connectivity index (χ1v) is 10.0. The molecule has 1 heterocycles. The van der Waals surface area contributed by atoms with Crippen LogP contribution in [0.2, 0.25) is 0 Å². The van der Waals surface area contributed by atoms with Crippen LogP contribution in [0.15, 0.2) is 34.2 Å². The Balaban J connectivity index is 2.16. The fourth-order valence-electron chi connectivity index (χ4n) is 2.54. The molecule has 7 nitrogen and oxygen atoms in total. The number of aromatic nitrogens is 2.